The van der Waals surface area contributed by atoms with Gasteiger partial charge in [0.2, 0.25) is 0 Å². The molecule has 0 aliphatic heterocycles. The van der Waals surface area contributed by atoms with E-state index in [0.717, 1.165) is 16.9 Å². The summed E-state index contributed by atoms with van der Waals surface area (Å²) < 4.78 is 5.52. The van der Waals surface area contributed by atoms with Gasteiger partial charge in [-0.05, 0) is 51.5 Å². The third-order valence-electron chi connectivity index (χ3n) is 4.07. The summed E-state index contributed by atoms with van der Waals surface area (Å²) >= 11 is 0. The maximum atomic E-state index is 10.8. The number of hydrogen-bond donors (Lipinski definition) is 3. The third kappa shape index (κ3) is 5.11. The molecule has 1 heterocycles. The van der Waals surface area contributed by atoms with Gasteiger partial charge < -0.3 is 20.2 Å². The van der Waals surface area contributed by atoms with Crippen LogP contribution >= 0.6 is 0 Å². The fourth-order valence-corrected chi connectivity index (χ4v) is 2.71. The van der Waals surface area contributed by atoms with Gasteiger partial charge in [-0.2, -0.15) is 5.26 Å². The number of nitrogens with one attached hydrogen (secondary N) is 2. The number of aryl methyl sites for hydroxylation is 2. The van der Waals surface area contributed by atoms with Crippen molar-refractivity contribution >= 4 is 5.96 Å². The standard InChI is InChI=1S/C20H26N4O2/c1-5-22-19(23-12-17-8-6-16(11-21)7-9-17)24-13-20(4,25)18-10-14(2)26-15(18)3/h6-10,25H,5,12-13H2,1-4H3,(H2,22,23,24). The number of nitriles is 1. The van der Waals surface area contributed by atoms with Gasteiger partial charge >= 0.3 is 0 Å². The highest BCUT2D eigenvalue weighted by Gasteiger charge is 2.27. The molecule has 2 rings (SSSR count). The Morgan fingerprint density at radius 3 is 2.50 bits per heavy atom. The van der Waals surface area contributed by atoms with Crippen LogP contribution in [0.1, 0.15) is 42.1 Å². The first-order valence-corrected chi connectivity index (χ1v) is 8.67. The quantitative estimate of drug-likeness (QED) is 0.548. The van der Waals surface area contributed by atoms with E-state index < -0.39 is 5.60 Å². The van der Waals surface area contributed by atoms with Crippen molar-refractivity contribution in [3.8, 4) is 6.07 Å². The summed E-state index contributed by atoms with van der Waals surface area (Å²) in [5, 5.41) is 26.0. The lowest BCUT2D eigenvalue weighted by Crippen LogP contribution is -2.44. The van der Waals surface area contributed by atoms with Crippen LogP contribution in [0, 0.1) is 25.2 Å². The molecule has 0 aliphatic carbocycles. The summed E-state index contributed by atoms with van der Waals surface area (Å²) in [6.45, 7) is 8.94. The van der Waals surface area contributed by atoms with Crippen LogP contribution in [0.5, 0.6) is 0 Å². The Morgan fingerprint density at radius 2 is 1.96 bits per heavy atom. The van der Waals surface area contributed by atoms with Gasteiger partial charge in [0.1, 0.15) is 17.1 Å². The molecule has 6 nitrogen and oxygen atoms in total. The number of hydrogen-bond acceptors (Lipinski definition) is 4. The molecule has 0 spiro atoms. The van der Waals surface area contributed by atoms with Crippen LogP contribution in [0.15, 0.2) is 39.7 Å². The molecular formula is C20H26N4O2. The van der Waals surface area contributed by atoms with Crippen LogP contribution in [0.3, 0.4) is 0 Å². The first-order valence-electron chi connectivity index (χ1n) is 8.67. The molecule has 0 saturated carbocycles. The highest BCUT2D eigenvalue weighted by atomic mass is 16.3. The first-order chi connectivity index (χ1) is 12.4. The van der Waals surface area contributed by atoms with E-state index in [-0.39, 0.29) is 0 Å². The van der Waals surface area contributed by atoms with Gasteiger partial charge in [0.05, 0.1) is 24.7 Å². The van der Waals surface area contributed by atoms with E-state index in [1.54, 1.807) is 19.1 Å². The lowest BCUT2D eigenvalue weighted by molar-refractivity contribution is 0.0601. The van der Waals surface area contributed by atoms with Gasteiger partial charge in [0, 0.05) is 12.1 Å². The second-order valence-corrected chi connectivity index (χ2v) is 6.46. The lowest BCUT2D eigenvalue weighted by atomic mass is 9.96. The maximum Gasteiger partial charge on any atom is 0.191 e. The zero-order valence-corrected chi connectivity index (χ0v) is 15.8. The normalized spacial score (nSPS) is 13.8. The van der Waals surface area contributed by atoms with E-state index in [1.807, 2.05) is 39.0 Å². The predicted molar refractivity (Wildman–Crippen MR) is 102 cm³/mol. The van der Waals surface area contributed by atoms with Gasteiger partial charge in [-0.25, -0.2) is 4.99 Å². The Labute approximate surface area is 154 Å². The largest absolute Gasteiger partial charge is 0.466 e. The fourth-order valence-electron chi connectivity index (χ4n) is 2.71. The highest BCUT2D eigenvalue weighted by molar-refractivity contribution is 5.79. The maximum absolute atomic E-state index is 10.8. The molecule has 138 valence electrons. The van der Waals surface area contributed by atoms with E-state index in [2.05, 4.69) is 21.7 Å². The van der Waals surface area contributed by atoms with Gasteiger partial charge in [0.25, 0.3) is 0 Å². The summed E-state index contributed by atoms with van der Waals surface area (Å²) in [6.07, 6.45) is 0. The van der Waals surface area contributed by atoms with E-state index in [1.165, 1.54) is 0 Å². The minimum Gasteiger partial charge on any atom is -0.466 e. The molecule has 1 aromatic carbocycles. The molecule has 2 aromatic rings. The van der Waals surface area contributed by atoms with Crippen molar-refractivity contribution in [3.05, 3.63) is 58.5 Å². The molecule has 0 bridgehead atoms. The highest BCUT2D eigenvalue weighted by Crippen LogP contribution is 2.26. The summed E-state index contributed by atoms with van der Waals surface area (Å²) in [5.74, 6) is 2.11. The Bertz CT molecular complexity index is 798. The minimum absolute atomic E-state index is 0.298. The number of guanidine groups is 1. The van der Waals surface area contributed by atoms with Crippen LogP contribution in [0.2, 0.25) is 0 Å². The number of rotatable bonds is 6. The second kappa shape index (κ2) is 8.54. The lowest BCUT2D eigenvalue weighted by Gasteiger charge is -2.24. The molecule has 0 amide bonds. The number of aliphatic hydroxyl groups is 1. The Balaban J connectivity index is 2.04. The molecule has 1 atom stereocenters. The minimum atomic E-state index is -1.08. The van der Waals surface area contributed by atoms with Crippen molar-refractivity contribution in [3.63, 3.8) is 0 Å². The van der Waals surface area contributed by atoms with E-state index in [4.69, 9.17) is 9.68 Å². The molecule has 1 unspecified atom stereocenters. The predicted octanol–water partition coefficient (Wildman–Crippen LogP) is 2.73. The Morgan fingerprint density at radius 1 is 1.27 bits per heavy atom. The molecule has 26 heavy (non-hydrogen) atoms. The molecule has 0 aliphatic rings. The first kappa shape index (κ1) is 19.5. The molecule has 0 fully saturated rings. The average Bonchev–Trinajstić information content (AvgIpc) is 2.97. The van der Waals surface area contributed by atoms with Gasteiger partial charge in [-0.15, -0.1) is 0 Å². The van der Waals surface area contributed by atoms with Crippen molar-refractivity contribution in [2.75, 3.05) is 13.1 Å². The van der Waals surface area contributed by atoms with Crippen LogP contribution in [0.25, 0.3) is 0 Å². The molecule has 0 radical (unpaired) electrons. The van der Waals surface area contributed by atoms with Gasteiger partial charge in [-0.3, -0.25) is 0 Å². The summed E-state index contributed by atoms with van der Waals surface area (Å²) in [5.41, 5.74) is 1.33. The van der Waals surface area contributed by atoms with Crippen molar-refractivity contribution in [2.24, 2.45) is 4.99 Å². The summed E-state index contributed by atoms with van der Waals surface area (Å²) in [4.78, 5) is 4.54. The SMILES string of the molecule is CCNC(=NCc1ccc(C#N)cc1)NCC(C)(O)c1cc(C)oc1C. The molecule has 3 N–H and O–H groups in total. The van der Waals surface area contributed by atoms with Crippen LogP contribution in [-0.2, 0) is 12.1 Å². The third-order valence-corrected chi connectivity index (χ3v) is 4.07. The topological polar surface area (TPSA) is 93.6 Å². The Hall–Kier alpha value is -2.78. The van der Waals surface area contributed by atoms with Crippen LogP contribution < -0.4 is 10.6 Å². The van der Waals surface area contributed by atoms with E-state index in [9.17, 15) is 5.11 Å². The monoisotopic (exact) mass is 354 g/mol. The molecule has 0 saturated heterocycles. The fraction of sp³-hybridized carbons (Fsp3) is 0.400. The molecular weight excluding hydrogens is 328 g/mol. The number of benzene rings is 1. The molecule has 6 heteroatoms. The number of nitrogens with zero attached hydrogens (tertiary/aromatic N) is 2. The van der Waals surface area contributed by atoms with Crippen molar-refractivity contribution in [1.82, 2.24) is 10.6 Å². The smallest absolute Gasteiger partial charge is 0.191 e. The zero-order valence-electron chi connectivity index (χ0n) is 15.8. The van der Waals surface area contributed by atoms with Crippen molar-refractivity contribution in [1.29, 1.82) is 5.26 Å². The van der Waals surface area contributed by atoms with E-state index in [0.29, 0.717) is 36.9 Å². The number of furan rings is 1. The van der Waals surface area contributed by atoms with Crippen molar-refractivity contribution in [2.45, 2.75) is 39.8 Å². The van der Waals surface area contributed by atoms with Gasteiger partial charge in [-0.1, -0.05) is 12.1 Å². The average molecular weight is 354 g/mol. The van der Waals surface area contributed by atoms with E-state index >= 15 is 0 Å². The van der Waals surface area contributed by atoms with Crippen molar-refractivity contribution < 1.29 is 9.52 Å². The van der Waals surface area contributed by atoms with Crippen LogP contribution in [-0.4, -0.2) is 24.2 Å². The number of aliphatic imine (C=N–C) groups is 1. The van der Waals surface area contributed by atoms with Gasteiger partial charge in [0.15, 0.2) is 5.96 Å². The molecule has 1 aromatic heterocycles. The Kier molecular flexibility index (Phi) is 6.42. The summed E-state index contributed by atoms with van der Waals surface area (Å²) in [7, 11) is 0. The summed E-state index contributed by atoms with van der Waals surface area (Å²) in [6, 6.07) is 11.3. The zero-order chi connectivity index (χ0) is 19.2. The second-order valence-electron chi connectivity index (χ2n) is 6.46. The van der Waals surface area contributed by atoms with Crippen LogP contribution in [0.4, 0.5) is 0 Å².